The van der Waals surface area contributed by atoms with Crippen LogP contribution in [0.3, 0.4) is 0 Å². The molecule has 0 rings (SSSR count). The molecule has 4 heteroatoms. The Morgan fingerprint density at radius 1 is 1.25 bits per heavy atom. The van der Waals surface area contributed by atoms with E-state index in [4.69, 9.17) is 9.84 Å². The highest BCUT2D eigenvalue weighted by molar-refractivity contribution is 5.71. The first-order valence-electron chi connectivity index (χ1n) is 5.88. The van der Waals surface area contributed by atoms with Gasteiger partial charge in [0, 0.05) is 0 Å². The fourth-order valence-electron chi connectivity index (χ4n) is 1.33. The van der Waals surface area contributed by atoms with Gasteiger partial charge in [-0.25, -0.2) is 0 Å². The first-order chi connectivity index (χ1) is 7.49. The number of carbonyl (C=O) groups excluding carboxylic acids is 1. The van der Waals surface area contributed by atoms with Crippen LogP contribution in [0, 0.1) is 11.8 Å². The summed E-state index contributed by atoms with van der Waals surface area (Å²) in [5.74, 6) is -1.28. The lowest BCUT2D eigenvalue weighted by Gasteiger charge is -2.10. The number of aliphatic carboxylic acids is 1. The van der Waals surface area contributed by atoms with E-state index in [1.54, 1.807) is 13.8 Å². The van der Waals surface area contributed by atoms with Gasteiger partial charge in [-0.15, -0.1) is 0 Å². The SMILES string of the molecule is CCC(CCCCOC(=O)C(C)C)C(=O)O. The first-order valence-corrected chi connectivity index (χ1v) is 5.88. The number of unbranched alkanes of at least 4 members (excludes halogenated alkanes) is 1. The van der Waals surface area contributed by atoms with Crippen LogP contribution in [0.15, 0.2) is 0 Å². The highest BCUT2D eigenvalue weighted by atomic mass is 16.5. The lowest BCUT2D eigenvalue weighted by Crippen LogP contribution is -2.14. The van der Waals surface area contributed by atoms with Gasteiger partial charge in [0.2, 0.25) is 0 Å². The van der Waals surface area contributed by atoms with Crippen molar-refractivity contribution in [3.63, 3.8) is 0 Å². The van der Waals surface area contributed by atoms with E-state index in [2.05, 4.69) is 0 Å². The Morgan fingerprint density at radius 2 is 1.88 bits per heavy atom. The molecule has 0 fully saturated rings. The van der Waals surface area contributed by atoms with Crippen LogP contribution in [0.4, 0.5) is 0 Å². The molecule has 0 heterocycles. The van der Waals surface area contributed by atoms with Gasteiger partial charge >= 0.3 is 11.9 Å². The summed E-state index contributed by atoms with van der Waals surface area (Å²) in [6.07, 6.45) is 2.84. The van der Waals surface area contributed by atoms with Crippen LogP contribution in [-0.2, 0) is 14.3 Å². The Labute approximate surface area is 97.0 Å². The second-order valence-electron chi connectivity index (χ2n) is 4.26. The van der Waals surface area contributed by atoms with Gasteiger partial charge in [-0.2, -0.15) is 0 Å². The van der Waals surface area contributed by atoms with Gasteiger partial charge in [-0.1, -0.05) is 20.8 Å². The normalized spacial score (nSPS) is 12.5. The molecular formula is C12H22O4. The van der Waals surface area contributed by atoms with E-state index < -0.39 is 5.97 Å². The van der Waals surface area contributed by atoms with Crippen molar-refractivity contribution in [2.24, 2.45) is 11.8 Å². The second-order valence-corrected chi connectivity index (χ2v) is 4.26. The van der Waals surface area contributed by atoms with Crippen LogP contribution in [0.2, 0.25) is 0 Å². The van der Waals surface area contributed by atoms with Crippen LogP contribution in [-0.4, -0.2) is 23.7 Å². The minimum Gasteiger partial charge on any atom is -0.481 e. The highest BCUT2D eigenvalue weighted by Crippen LogP contribution is 2.12. The summed E-state index contributed by atoms with van der Waals surface area (Å²) >= 11 is 0. The van der Waals surface area contributed by atoms with Crippen molar-refractivity contribution in [1.29, 1.82) is 0 Å². The lowest BCUT2D eigenvalue weighted by molar-refractivity contribution is -0.147. The molecule has 0 aliphatic rings. The average Bonchev–Trinajstić information content (AvgIpc) is 2.22. The van der Waals surface area contributed by atoms with Gasteiger partial charge < -0.3 is 9.84 Å². The molecule has 0 amide bonds. The topological polar surface area (TPSA) is 63.6 Å². The van der Waals surface area contributed by atoms with Gasteiger partial charge in [0.15, 0.2) is 0 Å². The summed E-state index contributed by atoms with van der Waals surface area (Å²) < 4.78 is 4.99. The van der Waals surface area contributed by atoms with Gasteiger partial charge in [-0.3, -0.25) is 9.59 Å². The summed E-state index contributed by atoms with van der Waals surface area (Å²) in [5.41, 5.74) is 0. The molecule has 0 bridgehead atoms. The third-order valence-electron chi connectivity index (χ3n) is 2.50. The van der Waals surface area contributed by atoms with Crippen molar-refractivity contribution in [3.8, 4) is 0 Å². The monoisotopic (exact) mass is 230 g/mol. The van der Waals surface area contributed by atoms with E-state index in [-0.39, 0.29) is 17.8 Å². The predicted octanol–water partition coefficient (Wildman–Crippen LogP) is 2.47. The molecule has 0 aromatic rings. The molecule has 94 valence electrons. The van der Waals surface area contributed by atoms with Crippen molar-refractivity contribution >= 4 is 11.9 Å². The Kier molecular flexibility index (Phi) is 7.60. The maximum absolute atomic E-state index is 11.1. The molecule has 4 nitrogen and oxygen atoms in total. The Hall–Kier alpha value is -1.06. The third kappa shape index (κ3) is 6.43. The standard InChI is InChI=1S/C12H22O4/c1-4-10(11(13)14)7-5-6-8-16-12(15)9(2)3/h9-10H,4-8H2,1-3H3,(H,13,14). The third-order valence-corrected chi connectivity index (χ3v) is 2.50. The second kappa shape index (κ2) is 8.13. The number of hydrogen-bond acceptors (Lipinski definition) is 3. The molecule has 0 saturated carbocycles. The van der Waals surface area contributed by atoms with Crippen LogP contribution >= 0.6 is 0 Å². The van der Waals surface area contributed by atoms with Crippen LogP contribution < -0.4 is 0 Å². The van der Waals surface area contributed by atoms with E-state index in [0.717, 1.165) is 12.8 Å². The summed E-state index contributed by atoms with van der Waals surface area (Å²) in [6.45, 7) is 5.85. The smallest absolute Gasteiger partial charge is 0.308 e. The Bertz CT molecular complexity index is 223. The lowest BCUT2D eigenvalue weighted by atomic mass is 10.00. The quantitative estimate of drug-likeness (QED) is 0.514. The average molecular weight is 230 g/mol. The van der Waals surface area contributed by atoms with Crippen molar-refractivity contribution in [2.75, 3.05) is 6.61 Å². The number of carboxylic acids is 1. The van der Waals surface area contributed by atoms with Crippen molar-refractivity contribution in [2.45, 2.75) is 46.5 Å². The number of ether oxygens (including phenoxy) is 1. The molecule has 0 saturated heterocycles. The predicted molar refractivity (Wildman–Crippen MR) is 61.1 cm³/mol. The van der Waals surface area contributed by atoms with Crippen molar-refractivity contribution < 1.29 is 19.4 Å². The van der Waals surface area contributed by atoms with E-state index in [9.17, 15) is 9.59 Å². The summed E-state index contributed by atoms with van der Waals surface area (Å²) in [4.78, 5) is 21.8. The minimum absolute atomic E-state index is 0.0950. The molecule has 1 N–H and O–H groups in total. The van der Waals surface area contributed by atoms with Crippen molar-refractivity contribution in [1.82, 2.24) is 0 Å². The molecule has 16 heavy (non-hydrogen) atoms. The summed E-state index contributed by atoms with van der Waals surface area (Å²) in [7, 11) is 0. The van der Waals surface area contributed by atoms with Gasteiger partial charge in [0.25, 0.3) is 0 Å². The summed E-state index contributed by atoms with van der Waals surface area (Å²) in [6, 6.07) is 0. The number of rotatable bonds is 8. The molecule has 0 aliphatic carbocycles. The zero-order valence-corrected chi connectivity index (χ0v) is 10.4. The Morgan fingerprint density at radius 3 is 2.31 bits per heavy atom. The number of carboxylic acid groups (broad SMARTS) is 1. The minimum atomic E-state index is -0.735. The maximum atomic E-state index is 11.1. The molecule has 1 atom stereocenters. The largest absolute Gasteiger partial charge is 0.481 e. The van der Waals surface area contributed by atoms with E-state index in [1.165, 1.54) is 0 Å². The maximum Gasteiger partial charge on any atom is 0.308 e. The zero-order chi connectivity index (χ0) is 12.6. The van der Waals surface area contributed by atoms with Crippen LogP contribution in [0.5, 0.6) is 0 Å². The van der Waals surface area contributed by atoms with Gasteiger partial charge in [-0.05, 0) is 25.7 Å². The molecule has 0 spiro atoms. The molecule has 1 unspecified atom stereocenters. The number of esters is 1. The summed E-state index contributed by atoms with van der Waals surface area (Å²) in [5, 5.41) is 8.81. The molecule has 0 aromatic carbocycles. The van der Waals surface area contributed by atoms with E-state index >= 15 is 0 Å². The van der Waals surface area contributed by atoms with Crippen LogP contribution in [0.25, 0.3) is 0 Å². The Balaban J connectivity index is 3.53. The first kappa shape index (κ1) is 14.9. The molecule has 0 radical (unpaired) electrons. The highest BCUT2D eigenvalue weighted by Gasteiger charge is 2.14. The van der Waals surface area contributed by atoms with Crippen LogP contribution in [0.1, 0.15) is 46.5 Å². The molecular weight excluding hydrogens is 208 g/mol. The zero-order valence-electron chi connectivity index (χ0n) is 10.4. The number of hydrogen-bond donors (Lipinski definition) is 1. The van der Waals surface area contributed by atoms with Crippen molar-refractivity contribution in [3.05, 3.63) is 0 Å². The van der Waals surface area contributed by atoms with Gasteiger partial charge in [0.05, 0.1) is 18.4 Å². The molecule has 0 aliphatic heterocycles. The fraction of sp³-hybridized carbons (Fsp3) is 0.833. The van der Waals surface area contributed by atoms with E-state index in [0.29, 0.717) is 19.4 Å². The van der Waals surface area contributed by atoms with Gasteiger partial charge in [0.1, 0.15) is 0 Å². The number of carbonyl (C=O) groups is 2. The fourth-order valence-corrected chi connectivity index (χ4v) is 1.33. The molecule has 0 aromatic heterocycles. The van der Waals surface area contributed by atoms with E-state index in [1.807, 2.05) is 6.92 Å².